The molecule has 5 nitrogen and oxygen atoms in total. The molecule has 0 atom stereocenters. The van der Waals surface area contributed by atoms with Crippen molar-refractivity contribution in [1.82, 2.24) is 19.8 Å². The van der Waals surface area contributed by atoms with Crippen molar-refractivity contribution in [3.05, 3.63) is 76.6 Å². The van der Waals surface area contributed by atoms with E-state index in [0.29, 0.717) is 0 Å². The number of rotatable bonds is 6. The minimum Gasteiger partial charge on any atom is -0.497 e. The summed E-state index contributed by atoms with van der Waals surface area (Å²) in [5.41, 5.74) is 3.37. The maximum Gasteiger partial charge on any atom is 0.234 e. The van der Waals surface area contributed by atoms with Crippen molar-refractivity contribution in [2.75, 3.05) is 7.11 Å². The van der Waals surface area contributed by atoms with Crippen LogP contribution in [0.25, 0.3) is 16.6 Å². The van der Waals surface area contributed by atoms with Gasteiger partial charge in [-0.25, -0.2) is 0 Å². The van der Waals surface area contributed by atoms with E-state index >= 15 is 0 Å². The van der Waals surface area contributed by atoms with Crippen molar-refractivity contribution >= 4 is 27.9 Å². The maximum absolute atomic E-state index is 5.29. The van der Waals surface area contributed by atoms with E-state index in [9.17, 15) is 0 Å². The van der Waals surface area contributed by atoms with Crippen LogP contribution >= 0.6 is 11.3 Å². The number of fused-ring (bicyclic) bond motifs is 1. The molecule has 0 saturated heterocycles. The van der Waals surface area contributed by atoms with Gasteiger partial charge < -0.3 is 4.74 Å². The zero-order valence-corrected chi connectivity index (χ0v) is 16.1. The predicted octanol–water partition coefficient (Wildman–Crippen LogP) is 4.74. The molecule has 2 aromatic carbocycles. The number of hydrogen-bond donors (Lipinski definition) is 0. The highest BCUT2D eigenvalue weighted by Gasteiger charge is 2.12. The summed E-state index contributed by atoms with van der Waals surface area (Å²) >= 11 is 1.55. The molecule has 27 heavy (non-hydrogen) atoms. The van der Waals surface area contributed by atoms with Crippen LogP contribution in [0.4, 0.5) is 0 Å². The Morgan fingerprint density at radius 1 is 1.04 bits per heavy atom. The Morgan fingerprint density at radius 3 is 2.48 bits per heavy atom. The zero-order valence-electron chi connectivity index (χ0n) is 15.3. The molecule has 0 aliphatic heterocycles. The summed E-state index contributed by atoms with van der Waals surface area (Å²) < 4.78 is 7.15. The Balaban J connectivity index is 1.80. The first-order chi connectivity index (χ1) is 13.3. The van der Waals surface area contributed by atoms with Crippen molar-refractivity contribution in [2.24, 2.45) is 0 Å². The van der Waals surface area contributed by atoms with Crippen molar-refractivity contribution < 1.29 is 4.74 Å². The van der Waals surface area contributed by atoms with Crippen molar-refractivity contribution in [3.63, 3.8) is 0 Å². The van der Waals surface area contributed by atoms with Gasteiger partial charge in [-0.1, -0.05) is 60.7 Å². The number of hydrogen-bond acceptors (Lipinski definition) is 5. The van der Waals surface area contributed by atoms with Crippen LogP contribution in [0, 0.1) is 0 Å². The number of nitrogens with zero attached hydrogens (tertiary/aromatic N) is 4. The Labute approximate surface area is 162 Å². The van der Waals surface area contributed by atoms with Crippen LogP contribution in [0.15, 0.2) is 54.6 Å². The van der Waals surface area contributed by atoms with Crippen LogP contribution in [-0.4, -0.2) is 26.9 Å². The molecule has 2 aromatic heterocycles. The van der Waals surface area contributed by atoms with Gasteiger partial charge in [0.05, 0.1) is 7.11 Å². The first kappa shape index (κ1) is 17.4. The van der Waals surface area contributed by atoms with Gasteiger partial charge in [0.2, 0.25) is 4.96 Å². The van der Waals surface area contributed by atoms with Gasteiger partial charge in [0.1, 0.15) is 10.8 Å². The van der Waals surface area contributed by atoms with E-state index < -0.39 is 0 Å². The highest BCUT2D eigenvalue weighted by atomic mass is 32.1. The highest BCUT2D eigenvalue weighted by molar-refractivity contribution is 7.17. The minimum absolute atomic E-state index is 0.826. The van der Waals surface area contributed by atoms with E-state index in [1.54, 1.807) is 18.4 Å². The summed E-state index contributed by atoms with van der Waals surface area (Å²) in [5, 5.41) is 14.1. The quantitative estimate of drug-likeness (QED) is 0.488. The first-order valence-electron chi connectivity index (χ1n) is 8.91. The molecule has 0 bridgehead atoms. The monoisotopic (exact) mass is 376 g/mol. The Kier molecular flexibility index (Phi) is 4.98. The number of aryl methyl sites for hydroxylation is 1. The fraction of sp³-hybridized carbons (Fsp3) is 0.190. The lowest BCUT2D eigenvalue weighted by Gasteiger charge is -2.09. The summed E-state index contributed by atoms with van der Waals surface area (Å²) in [6.45, 7) is 2.13. The molecule has 0 N–H and O–H groups in total. The lowest BCUT2D eigenvalue weighted by Crippen LogP contribution is -1.95. The molecule has 6 heteroatoms. The fourth-order valence-corrected chi connectivity index (χ4v) is 3.76. The third-order valence-electron chi connectivity index (χ3n) is 4.30. The second-order valence-electron chi connectivity index (χ2n) is 6.15. The summed E-state index contributed by atoms with van der Waals surface area (Å²) in [6.07, 6.45) is 4.01. The smallest absolute Gasteiger partial charge is 0.234 e. The van der Waals surface area contributed by atoms with E-state index in [0.717, 1.165) is 51.1 Å². The van der Waals surface area contributed by atoms with E-state index in [1.165, 1.54) is 0 Å². The Hall–Kier alpha value is -2.99. The van der Waals surface area contributed by atoms with Crippen molar-refractivity contribution in [3.8, 4) is 5.75 Å². The molecule has 4 rings (SSSR count). The van der Waals surface area contributed by atoms with Crippen LogP contribution in [-0.2, 0) is 6.42 Å². The van der Waals surface area contributed by atoms with Gasteiger partial charge in [0.15, 0.2) is 5.82 Å². The molecule has 0 saturated carbocycles. The zero-order chi connectivity index (χ0) is 18.6. The van der Waals surface area contributed by atoms with Gasteiger partial charge in [-0.3, -0.25) is 0 Å². The van der Waals surface area contributed by atoms with Gasteiger partial charge in [-0.2, -0.15) is 9.61 Å². The molecule has 0 spiro atoms. The van der Waals surface area contributed by atoms with Gasteiger partial charge in [0, 0.05) is 6.42 Å². The molecule has 0 aliphatic rings. The molecular weight excluding hydrogens is 356 g/mol. The summed E-state index contributed by atoms with van der Waals surface area (Å²) in [5.74, 6) is 1.75. The molecule has 0 fully saturated rings. The van der Waals surface area contributed by atoms with Crippen molar-refractivity contribution in [1.29, 1.82) is 0 Å². The van der Waals surface area contributed by atoms with E-state index in [2.05, 4.69) is 47.5 Å². The van der Waals surface area contributed by atoms with Crippen LogP contribution in [0.5, 0.6) is 5.75 Å². The number of benzene rings is 2. The second-order valence-corrected chi connectivity index (χ2v) is 7.14. The molecule has 0 unspecified atom stereocenters. The van der Waals surface area contributed by atoms with Crippen LogP contribution in [0.2, 0.25) is 0 Å². The van der Waals surface area contributed by atoms with Crippen LogP contribution < -0.4 is 4.74 Å². The molecular formula is C21H20N4OS. The summed E-state index contributed by atoms with van der Waals surface area (Å²) in [4.78, 5) is 0.826. The normalized spacial score (nSPS) is 11.9. The van der Waals surface area contributed by atoms with Crippen molar-refractivity contribution in [2.45, 2.75) is 19.8 Å². The topological polar surface area (TPSA) is 52.3 Å². The van der Waals surface area contributed by atoms with E-state index in [-0.39, 0.29) is 0 Å². The molecule has 2 heterocycles. The number of aromatic nitrogens is 4. The largest absolute Gasteiger partial charge is 0.497 e. The van der Waals surface area contributed by atoms with Crippen LogP contribution in [0.3, 0.4) is 0 Å². The molecule has 0 radical (unpaired) electrons. The summed E-state index contributed by atoms with van der Waals surface area (Å²) in [7, 11) is 1.68. The Morgan fingerprint density at radius 2 is 1.78 bits per heavy atom. The molecule has 0 amide bonds. The highest BCUT2D eigenvalue weighted by Crippen LogP contribution is 2.29. The van der Waals surface area contributed by atoms with Gasteiger partial charge in [0.25, 0.3) is 0 Å². The van der Waals surface area contributed by atoms with Gasteiger partial charge in [-0.15, -0.1) is 10.2 Å². The average molecular weight is 376 g/mol. The fourth-order valence-electron chi connectivity index (χ4n) is 2.96. The predicted molar refractivity (Wildman–Crippen MR) is 109 cm³/mol. The first-order valence-corrected chi connectivity index (χ1v) is 9.73. The standard InChI is InChI=1S/C21H20N4OS/c1-3-7-19-22-23-21-25(19)24-20(27-21)14-18(15-8-5-4-6-9-15)16-10-12-17(26-2)13-11-16/h4-6,8-14H,3,7H2,1-2H3. The second kappa shape index (κ2) is 7.72. The lowest BCUT2D eigenvalue weighted by atomic mass is 9.97. The third-order valence-corrected chi connectivity index (χ3v) is 5.14. The van der Waals surface area contributed by atoms with E-state index in [4.69, 9.17) is 9.84 Å². The number of methoxy groups -OCH3 is 1. The maximum atomic E-state index is 5.29. The lowest BCUT2D eigenvalue weighted by molar-refractivity contribution is 0.415. The Bertz CT molecular complexity index is 1060. The molecule has 4 aromatic rings. The van der Waals surface area contributed by atoms with Gasteiger partial charge in [-0.05, 0) is 41.3 Å². The third kappa shape index (κ3) is 3.61. The minimum atomic E-state index is 0.826. The number of ether oxygens (including phenoxy) is 1. The van der Waals surface area contributed by atoms with Gasteiger partial charge >= 0.3 is 0 Å². The van der Waals surface area contributed by atoms with E-state index in [1.807, 2.05) is 34.8 Å². The SMILES string of the molecule is CCCc1nnc2sc(C=C(c3ccccc3)c3ccc(OC)cc3)nn12. The average Bonchev–Trinajstić information content (AvgIpc) is 3.28. The summed E-state index contributed by atoms with van der Waals surface area (Å²) in [6, 6.07) is 18.4. The molecule has 0 aliphatic carbocycles. The molecule has 136 valence electrons. The van der Waals surface area contributed by atoms with Crippen LogP contribution in [0.1, 0.15) is 35.3 Å².